The molecule has 0 saturated carbocycles. The van der Waals surface area contributed by atoms with Gasteiger partial charge in [-0.15, -0.1) is 0 Å². The highest BCUT2D eigenvalue weighted by molar-refractivity contribution is 5.64. The van der Waals surface area contributed by atoms with Crippen LogP contribution in [0.2, 0.25) is 0 Å². The SMILES string of the molecule is Oc1ccc([C@H]2Oc3cc4c(c(O)c3C[C@@H]2O)[C@@H](c2cc(O)cc(O)c2)[C@H](c2ccc(O)cc2)O4)cc1. The monoisotopic (exact) mass is 500 g/mol. The Kier molecular flexibility index (Phi) is 5.27. The number of fused-ring (bicyclic) bond motifs is 2. The Hall–Kier alpha value is -4.56. The van der Waals surface area contributed by atoms with Gasteiger partial charge in [-0.05, 0) is 53.1 Å². The van der Waals surface area contributed by atoms with Gasteiger partial charge in [0.1, 0.15) is 52.5 Å². The predicted octanol–water partition coefficient (Wildman–Crippen LogP) is 4.52. The second kappa shape index (κ2) is 8.53. The summed E-state index contributed by atoms with van der Waals surface area (Å²) in [6.45, 7) is 0. The van der Waals surface area contributed by atoms with Crippen LogP contribution in [-0.2, 0) is 6.42 Å². The Labute approximate surface area is 211 Å². The normalized spacial score (nSPS) is 22.0. The molecule has 0 saturated heterocycles. The van der Waals surface area contributed by atoms with E-state index < -0.39 is 24.2 Å². The number of phenolic OH excluding ortho intramolecular Hbond substituents is 5. The molecule has 0 radical (unpaired) electrons. The molecule has 4 aromatic carbocycles. The lowest BCUT2D eigenvalue weighted by atomic mass is 9.82. The summed E-state index contributed by atoms with van der Waals surface area (Å²) in [7, 11) is 0. The third-order valence-electron chi connectivity index (χ3n) is 6.98. The quantitative estimate of drug-likeness (QED) is 0.241. The van der Waals surface area contributed by atoms with Gasteiger partial charge in [-0.25, -0.2) is 0 Å². The largest absolute Gasteiger partial charge is 0.508 e. The van der Waals surface area contributed by atoms with Gasteiger partial charge in [0, 0.05) is 29.7 Å². The average Bonchev–Trinajstić information content (AvgIpc) is 3.24. The summed E-state index contributed by atoms with van der Waals surface area (Å²) >= 11 is 0. The van der Waals surface area contributed by atoms with E-state index in [9.17, 15) is 30.6 Å². The van der Waals surface area contributed by atoms with Crippen LogP contribution in [0.1, 0.15) is 45.9 Å². The van der Waals surface area contributed by atoms with Crippen LogP contribution in [0.5, 0.6) is 40.2 Å². The Balaban J connectivity index is 1.47. The number of aliphatic hydroxyl groups excluding tert-OH is 1. The van der Waals surface area contributed by atoms with Gasteiger partial charge in [-0.3, -0.25) is 0 Å². The van der Waals surface area contributed by atoms with Crippen molar-refractivity contribution in [2.75, 3.05) is 0 Å². The fourth-order valence-electron chi connectivity index (χ4n) is 5.29. The standard InChI is InChI=1S/C29H24O8/c30-17-5-1-14(2-6-17)28-22(34)12-21-23(36-28)13-24-26(27(21)35)25(16-9-19(32)11-20(33)10-16)29(37-24)15-3-7-18(31)8-4-15/h1-11,13,22,25,28-35H,12H2/t22-,25+,28+,29-/m0/s1. The first-order valence-electron chi connectivity index (χ1n) is 11.8. The number of rotatable bonds is 3. The first-order chi connectivity index (χ1) is 17.8. The molecule has 6 rings (SSSR count). The lowest BCUT2D eigenvalue weighted by Gasteiger charge is -2.32. The molecule has 0 bridgehead atoms. The second-order valence-electron chi connectivity index (χ2n) is 9.41. The first kappa shape index (κ1) is 22.9. The molecule has 188 valence electrons. The van der Waals surface area contributed by atoms with Crippen molar-refractivity contribution in [1.82, 2.24) is 0 Å². The highest BCUT2D eigenvalue weighted by atomic mass is 16.5. The van der Waals surface area contributed by atoms with Gasteiger partial charge in [0.15, 0.2) is 0 Å². The lowest BCUT2D eigenvalue weighted by molar-refractivity contribution is 0.0197. The van der Waals surface area contributed by atoms with Crippen LogP contribution in [0.4, 0.5) is 0 Å². The number of hydrogen-bond acceptors (Lipinski definition) is 8. The number of aliphatic hydroxyl groups is 1. The molecule has 4 atom stereocenters. The minimum absolute atomic E-state index is 0.0896. The molecule has 2 heterocycles. The summed E-state index contributed by atoms with van der Waals surface area (Å²) in [5.41, 5.74) is 2.77. The maximum absolute atomic E-state index is 11.5. The number of phenols is 5. The van der Waals surface area contributed by atoms with E-state index in [-0.39, 0.29) is 35.2 Å². The summed E-state index contributed by atoms with van der Waals surface area (Å²) < 4.78 is 12.5. The fourth-order valence-corrected chi connectivity index (χ4v) is 5.29. The van der Waals surface area contributed by atoms with Gasteiger partial charge in [-0.1, -0.05) is 24.3 Å². The van der Waals surface area contributed by atoms with Gasteiger partial charge in [0.2, 0.25) is 0 Å². The van der Waals surface area contributed by atoms with Gasteiger partial charge < -0.3 is 40.1 Å². The van der Waals surface area contributed by atoms with Crippen molar-refractivity contribution in [3.63, 3.8) is 0 Å². The zero-order valence-corrected chi connectivity index (χ0v) is 19.4. The minimum Gasteiger partial charge on any atom is -0.508 e. The van der Waals surface area contributed by atoms with Crippen LogP contribution in [0, 0.1) is 0 Å². The highest BCUT2D eigenvalue weighted by Crippen LogP contribution is 2.57. The van der Waals surface area contributed by atoms with E-state index in [0.717, 1.165) is 0 Å². The van der Waals surface area contributed by atoms with Crippen molar-refractivity contribution in [2.24, 2.45) is 0 Å². The van der Waals surface area contributed by atoms with E-state index in [2.05, 4.69) is 0 Å². The Morgan fingerprint density at radius 1 is 0.568 bits per heavy atom. The third kappa shape index (κ3) is 3.91. The van der Waals surface area contributed by atoms with Crippen molar-refractivity contribution < 1.29 is 40.1 Å². The maximum atomic E-state index is 11.5. The van der Waals surface area contributed by atoms with Crippen LogP contribution in [0.25, 0.3) is 0 Å². The van der Waals surface area contributed by atoms with Crippen LogP contribution < -0.4 is 9.47 Å². The predicted molar refractivity (Wildman–Crippen MR) is 132 cm³/mol. The molecule has 0 unspecified atom stereocenters. The molecule has 0 amide bonds. The second-order valence-corrected chi connectivity index (χ2v) is 9.41. The van der Waals surface area contributed by atoms with E-state index in [4.69, 9.17) is 9.47 Å². The summed E-state index contributed by atoms with van der Waals surface area (Å²) in [5.74, 6) is -0.0674. The fraction of sp³-hybridized carbons (Fsp3) is 0.172. The average molecular weight is 501 g/mol. The third-order valence-corrected chi connectivity index (χ3v) is 6.98. The Morgan fingerprint density at radius 3 is 1.70 bits per heavy atom. The van der Waals surface area contributed by atoms with Crippen molar-refractivity contribution in [3.05, 3.63) is 101 Å². The van der Waals surface area contributed by atoms with Crippen LogP contribution in [0.15, 0.2) is 72.8 Å². The highest BCUT2D eigenvalue weighted by Gasteiger charge is 2.43. The minimum atomic E-state index is -0.959. The number of aromatic hydroxyl groups is 5. The lowest BCUT2D eigenvalue weighted by Crippen LogP contribution is -2.30. The number of benzene rings is 4. The molecule has 8 heteroatoms. The van der Waals surface area contributed by atoms with Gasteiger partial charge in [-0.2, -0.15) is 0 Å². The number of hydrogen-bond donors (Lipinski definition) is 6. The van der Waals surface area contributed by atoms with Crippen LogP contribution in [0.3, 0.4) is 0 Å². The summed E-state index contributed by atoms with van der Waals surface area (Å²) in [4.78, 5) is 0. The first-order valence-corrected chi connectivity index (χ1v) is 11.8. The van der Waals surface area contributed by atoms with Crippen molar-refractivity contribution in [3.8, 4) is 40.2 Å². The van der Waals surface area contributed by atoms with E-state index in [1.165, 1.54) is 42.5 Å². The van der Waals surface area contributed by atoms with E-state index >= 15 is 0 Å². The molecule has 6 N–H and O–H groups in total. The molecule has 37 heavy (non-hydrogen) atoms. The van der Waals surface area contributed by atoms with Gasteiger partial charge >= 0.3 is 0 Å². The Bertz CT molecular complexity index is 1460. The maximum Gasteiger partial charge on any atom is 0.150 e. The molecule has 0 spiro atoms. The van der Waals surface area contributed by atoms with Gasteiger partial charge in [0.25, 0.3) is 0 Å². The summed E-state index contributed by atoms with van der Waals surface area (Å²) in [6, 6.07) is 18.8. The van der Waals surface area contributed by atoms with Crippen LogP contribution in [-0.4, -0.2) is 36.7 Å². The molecular weight excluding hydrogens is 476 g/mol. The molecule has 0 aromatic heterocycles. The van der Waals surface area contributed by atoms with E-state index in [0.29, 0.717) is 39.3 Å². The van der Waals surface area contributed by atoms with E-state index in [1.807, 2.05) is 0 Å². The molecule has 2 aliphatic heterocycles. The number of ether oxygens (including phenoxy) is 2. The van der Waals surface area contributed by atoms with Crippen molar-refractivity contribution >= 4 is 0 Å². The van der Waals surface area contributed by atoms with Crippen molar-refractivity contribution in [2.45, 2.75) is 30.7 Å². The molecule has 4 aromatic rings. The zero-order chi connectivity index (χ0) is 25.8. The van der Waals surface area contributed by atoms with Gasteiger partial charge in [0.05, 0.1) is 12.0 Å². The van der Waals surface area contributed by atoms with Crippen LogP contribution >= 0.6 is 0 Å². The molecule has 2 aliphatic rings. The molecule has 0 aliphatic carbocycles. The molecule has 8 nitrogen and oxygen atoms in total. The van der Waals surface area contributed by atoms with Crippen molar-refractivity contribution in [1.29, 1.82) is 0 Å². The summed E-state index contributed by atoms with van der Waals surface area (Å²) in [6.07, 6.45) is -2.20. The topological polar surface area (TPSA) is 140 Å². The summed E-state index contributed by atoms with van der Waals surface area (Å²) in [5, 5.41) is 62.1. The smallest absolute Gasteiger partial charge is 0.150 e. The molecule has 0 fully saturated rings. The zero-order valence-electron chi connectivity index (χ0n) is 19.4. The van der Waals surface area contributed by atoms with E-state index in [1.54, 1.807) is 30.3 Å². The Morgan fingerprint density at radius 2 is 1.11 bits per heavy atom. The molecular formula is C29H24O8.